The van der Waals surface area contributed by atoms with Crippen LogP contribution in [0.1, 0.15) is 24.5 Å². The molecule has 1 N–H and O–H groups in total. The molecule has 0 aliphatic rings. The summed E-state index contributed by atoms with van der Waals surface area (Å²) in [5.74, 6) is 1.32. The first-order chi connectivity index (χ1) is 13.1. The van der Waals surface area contributed by atoms with Crippen molar-refractivity contribution < 1.29 is 14.6 Å². The summed E-state index contributed by atoms with van der Waals surface area (Å²) in [5.41, 5.74) is 2.41. The Balaban J connectivity index is 1.74. The minimum absolute atomic E-state index is 0.238. The predicted octanol–water partition coefficient (Wildman–Crippen LogP) is 4.03. The molecule has 4 nitrogen and oxygen atoms in total. The van der Waals surface area contributed by atoms with Crippen molar-refractivity contribution in [3.63, 3.8) is 0 Å². The largest absolute Gasteiger partial charge is 0.493 e. The lowest BCUT2D eigenvalue weighted by atomic mass is 10.1. The number of rotatable bonds is 11. The van der Waals surface area contributed by atoms with E-state index in [0.29, 0.717) is 18.0 Å². The number of nitrogens with zero attached hydrogens (tertiary/aromatic N) is 1. The van der Waals surface area contributed by atoms with Gasteiger partial charge in [0.2, 0.25) is 0 Å². The molecule has 0 fully saturated rings. The molecule has 0 radical (unpaired) electrons. The van der Waals surface area contributed by atoms with Gasteiger partial charge in [-0.3, -0.25) is 0 Å². The van der Waals surface area contributed by atoms with Crippen molar-refractivity contribution in [2.75, 3.05) is 33.9 Å². The minimum Gasteiger partial charge on any atom is -0.493 e. The average Bonchev–Trinajstić information content (AvgIpc) is 2.68. The third-order valence-corrected chi connectivity index (χ3v) is 4.35. The van der Waals surface area contributed by atoms with Crippen LogP contribution >= 0.6 is 0 Å². The van der Waals surface area contributed by atoms with Crippen LogP contribution in [0.25, 0.3) is 6.08 Å². The molecule has 27 heavy (non-hydrogen) atoms. The fourth-order valence-electron chi connectivity index (χ4n) is 2.99. The molecule has 2 rings (SSSR count). The second kappa shape index (κ2) is 11.4. The van der Waals surface area contributed by atoms with Gasteiger partial charge in [0.05, 0.1) is 7.11 Å². The molecule has 0 saturated heterocycles. The molecule has 0 bridgehead atoms. The SMILES string of the molecule is C/C=C/c1ccc(OCC(O)CN(C)CCCc2ccccc2)c(OC)c1. The van der Waals surface area contributed by atoms with Crippen LogP contribution in [0.15, 0.2) is 54.6 Å². The highest BCUT2D eigenvalue weighted by molar-refractivity contribution is 5.55. The lowest BCUT2D eigenvalue weighted by Crippen LogP contribution is -2.33. The van der Waals surface area contributed by atoms with E-state index in [4.69, 9.17) is 9.47 Å². The summed E-state index contributed by atoms with van der Waals surface area (Å²) in [6.07, 6.45) is 5.55. The van der Waals surface area contributed by atoms with E-state index in [1.54, 1.807) is 7.11 Å². The van der Waals surface area contributed by atoms with Gasteiger partial charge in [0.15, 0.2) is 11.5 Å². The number of aliphatic hydroxyl groups excluding tert-OH is 1. The van der Waals surface area contributed by atoms with Crippen molar-refractivity contribution in [1.29, 1.82) is 0 Å². The number of aliphatic hydroxyl groups is 1. The number of aryl methyl sites for hydroxylation is 1. The summed E-state index contributed by atoms with van der Waals surface area (Å²) in [7, 11) is 3.65. The van der Waals surface area contributed by atoms with Crippen LogP contribution in [-0.2, 0) is 6.42 Å². The number of benzene rings is 2. The van der Waals surface area contributed by atoms with E-state index in [-0.39, 0.29) is 6.61 Å². The second-order valence-electron chi connectivity index (χ2n) is 6.73. The van der Waals surface area contributed by atoms with E-state index < -0.39 is 6.10 Å². The molecular weight excluding hydrogens is 338 g/mol. The molecule has 0 spiro atoms. The fraction of sp³-hybridized carbons (Fsp3) is 0.391. The topological polar surface area (TPSA) is 41.9 Å². The highest BCUT2D eigenvalue weighted by atomic mass is 16.5. The van der Waals surface area contributed by atoms with Gasteiger partial charge in [-0.2, -0.15) is 0 Å². The number of methoxy groups -OCH3 is 1. The molecule has 2 aromatic rings. The maximum Gasteiger partial charge on any atom is 0.161 e. The Morgan fingerprint density at radius 1 is 1.11 bits per heavy atom. The summed E-state index contributed by atoms with van der Waals surface area (Å²) < 4.78 is 11.2. The van der Waals surface area contributed by atoms with Crippen LogP contribution in [-0.4, -0.2) is 50.0 Å². The van der Waals surface area contributed by atoms with Crippen molar-refractivity contribution in [1.82, 2.24) is 4.90 Å². The third-order valence-electron chi connectivity index (χ3n) is 4.35. The zero-order valence-corrected chi connectivity index (χ0v) is 16.6. The Morgan fingerprint density at radius 3 is 2.59 bits per heavy atom. The molecular formula is C23H31NO3. The highest BCUT2D eigenvalue weighted by Crippen LogP contribution is 2.28. The lowest BCUT2D eigenvalue weighted by molar-refractivity contribution is 0.0749. The molecule has 1 unspecified atom stereocenters. The monoisotopic (exact) mass is 369 g/mol. The third kappa shape index (κ3) is 7.45. The van der Waals surface area contributed by atoms with Crippen molar-refractivity contribution in [2.24, 2.45) is 0 Å². The van der Waals surface area contributed by atoms with Crippen LogP contribution < -0.4 is 9.47 Å². The van der Waals surface area contributed by atoms with E-state index in [2.05, 4.69) is 29.2 Å². The van der Waals surface area contributed by atoms with E-state index in [9.17, 15) is 5.11 Å². The maximum atomic E-state index is 10.3. The summed E-state index contributed by atoms with van der Waals surface area (Å²) in [6.45, 7) is 3.73. The number of hydrogen-bond donors (Lipinski definition) is 1. The summed E-state index contributed by atoms with van der Waals surface area (Å²) in [6, 6.07) is 16.3. The van der Waals surface area contributed by atoms with Gasteiger partial charge in [0.25, 0.3) is 0 Å². The van der Waals surface area contributed by atoms with Gasteiger partial charge in [-0.15, -0.1) is 0 Å². The molecule has 1 atom stereocenters. The van der Waals surface area contributed by atoms with Crippen LogP contribution in [0.3, 0.4) is 0 Å². The predicted molar refractivity (Wildman–Crippen MR) is 111 cm³/mol. The first-order valence-electron chi connectivity index (χ1n) is 9.46. The Hall–Kier alpha value is -2.30. The molecule has 146 valence electrons. The van der Waals surface area contributed by atoms with Gasteiger partial charge in [-0.25, -0.2) is 0 Å². The summed E-state index contributed by atoms with van der Waals surface area (Å²) >= 11 is 0. The molecule has 0 aliphatic heterocycles. The Kier molecular flexibility index (Phi) is 8.89. The zero-order valence-electron chi connectivity index (χ0n) is 16.6. The van der Waals surface area contributed by atoms with Crippen LogP contribution in [0, 0.1) is 0 Å². The van der Waals surface area contributed by atoms with E-state index in [0.717, 1.165) is 24.9 Å². The van der Waals surface area contributed by atoms with Gasteiger partial charge < -0.3 is 19.5 Å². The first-order valence-corrected chi connectivity index (χ1v) is 9.46. The van der Waals surface area contributed by atoms with Crippen LogP contribution in [0.4, 0.5) is 0 Å². The Labute approximate surface area is 163 Å². The Morgan fingerprint density at radius 2 is 1.89 bits per heavy atom. The van der Waals surface area contributed by atoms with Gasteiger partial charge in [0, 0.05) is 6.54 Å². The maximum absolute atomic E-state index is 10.3. The molecule has 0 aliphatic carbocycles. The fourth-order valence-corrected chi connectivity index (χ4v) is 2.99. The highest BCUT2D eigenvalue weighted by Gasteiger charge is 2.11. The van der Waals surface area contributed by atoms with Crippen LogP contribution in [0.5, 0.6) is 11.5 Å². The first kappa shape index (κ1) is 21.0. The molecule has 0 saturated carbocycles. The van der Waals surface area contributed by atoms with Crippen molar-refractivity contribution in [3.8, 4) is 11.5 Å². The van der Waals surface area contributed by atoms with E-state index >= 15 is 0 Å². The van der Waals surface area contributed by atoms with Gasteiger partial charge in [0.1, 0.15) is 12.7 Å². The van der Waals surface area contributed by atoms with E-state index in [1.165, 1.54) is 5.56 Å². The number of hydrogen-bond acceptors (Lipinski definition) is 4. The molecule has 0 aromatic heterocycles. The molecule has 0 amide bonds. The van der Waals surface area contributed by atoms with Gasteiger partial charge in [-0.05, 0) is 56.6 Å². The lowest BCUT2D eigenvalue weighted by Gasteiger charge is -2.21. The van der Waals surface area contributed by atoms with Gasteiger partial charge in [-0.1, -0.05) is 48.6 Å². The summed E-state index contributed by atoms with van der Waals surface area (Å²) in [5, 5.41) is 10.3. The number of allylic oxidation sites excluding steroid dienone is 1. The van der Waals surface area contributed by atoms with Gasteiger partial charge >= 0.3 is 0 Å². The molecule has 2 aromatic carbocycles. The van der Waals surface area contributed by atoms with Crippen molar-refractivity contribution in [2.45, 2.75) is 25.9 Å². The normalized spacial score (nSPS) is 12.5. The van der Waals surface area contributed by atoms with Crippen molar-refractivity contribution in [3.05, 3.63) is 65.7 Å². The standard InChI is InChI=1S/C23H31NO3/c1-4-9-20-13-14-22(23(16-20)26-3)27-18-21(25)17-24(2)15-8-12-19-10-6-5-7-11-19/h4-7,9-11,13-14,16,21,25H,8,12,15,17-18H2,1-3H3/b9-4+. The van der Waals surface area contributed by atoms with Crippen LogP contribution in [0.2, 0.25) is 0 Å². The average molecular weight is 370 g/mol. The number of ether oxygens (including phenoxy) is 2. The summed E-state index contributed by atoms with van der Waals surface area (Å²) in [4.78, 5) is 2.14. The number of likely N-dealkylation sites (N-methyl/N-ethyl adjacent to an activating group) is 1. The van der Waals surface area contributed by atoms with Crippen molar-refractivity contribution >= 4 is 6.08 Å². The van der Waals surface area contributed by atoms with E-state index in [1.807, 2.05) is 50.4 Å². The quantitative estimate of drug-likeness (QED) is 0.649. The second-order valence-corrected chi connectivity index (χ2v) is 6.73. The Bertz CT molecular complexity index is 700. The minimum atomic E-state index is -0.549. The molecule has 4 heteroatoms. The smallest absolute Gasteiger partial charge is 0.161 e. The molecule has 0 heterocycles. The zero-order chi connectivity index (χ0) is 19.5.